The highest BCUT2D eigenvalue weighted by atomic mass is 16.5. The summed E-state index contributed by atoms with van der Waals surface area (Å²) in [7, 11) is 1.37. The summed E-state index contributed by atoms with van der Waals surface area (Å²) in [5, 5.41) is 19.0. The summed E-state index contributed by atoms with van der Waals surface area (Å²) < 4.78 is 4.95. The van der Waals surface area contributed by atoms with Crippen molar-refractivity contribution in [3.63, 3.8) is 0 Å². The zero-order valence-electron chi connectivity index (χ0n) is 11.8. The average Bonchev–Trinajstić information content (AvgIpc) is 2.53. The highest BCUT2D eigenvalue weighted by molar-refractivity contribution is 6.09. The van der Waals surface area contributed by atoms with E-state index in [0.29, 0.717) is 6.29 Å². The molecule has 0 unspecified atom stereocenters. The Hall–Kier alpha value is -3.08. The third-order valence-electron chi connectivity index (χ3n) is 3.06. The lowest BCUT2D eigenvalue weighted by Crippen LogP contribution is -1.99. The number of hydrogen-bond donors (Lipinski definition) is 2. The summed E-state index contributed by atoms with van der Waals surface area (Å²) in [4.78, 5) is 23.1. The van der Waals surface area contributed by atoms with Crippen LogP contribution in [0.5, 0.6) is 17.2 Å². The largest absolute Gasteiger partial charge is 0.508 e. The van der Waals surface area contributed by atoms with Crippen molar-refractivity contribution in [3.05, 3.63) is 59.2 Å². The maximum absolute atomic E-state index is 12.1. The van der Waals surface area contributed by atoms with Gasteiger partial charge in [0.25, 0.3) is 0 Å². The van der Waals surface area contributed by atoms with Gasteiger partial charge in [-0.05, 0) is 29.8 Å². The quantitative estimate of drug-likeness (QED) is 0.504. The van der Waals surface area contributed by atoms with Crippen molar-refractivity contribution in [3.8, 4) is 17.2 Å². The number of aldehydes is 1. The molecule has 2 N–H and O–H groups in total. The third kappa shape index (κ3) is 3.32. The normalized spacial score (nSPS) is 10.6. The molecule has 112 valence electrons. The van der Waals surface area contributed by atoms with E-state index in [9.17, 15) is 19.8 Å². The maximum Gasteiger partial charge on any atom is 0.189 e. The van der Waals surface area contributed by atoms with Gasteiger partial charge in [0.05, 0.1) is 18.2 Å². The van der Waals surface area contributed by atoms with Crippen molar-refractivity contribution in [2.24, 2.45) is 0 Å². The summed E-state index contributed by atoms with van der Waals surface area (Å²) in [6.45, 7) is 0. The SMILES string of the molecule is COc1cc(O)c(C(=O)C=Cc2ccc(O)cc2)cc1C=O. The van der Waals surface area contributed by atoms with Crippen molar-refractivity contribution >= 4 is 18.1 Å². The molecule has 0 saturated heterocycles. The molecule has 0 radical (unpaired) electrons. The number of hydrogen-bond acceptors (Lipinski definition) is 5. The molecule has 0 aliphatic heterocycles. The molecule has 0 spiro atoms. The lowest BCUT2D eigenvalue weighted by Gasteiger charge is -2.07. The Bertz CT molecular complexity index is 729. The predicted octanol–water partition coefficient (Wildman–Crippen LogP) is 2.82. The Morgan fingerprint density at radius 1 is 1.14 bits per heavy atom. The molecule has 0 fully saturated rings. The molecule has 2 rings (SSSR count). The Kier molecular flexibility index (Phi) is 4.58. The Morgan fingerprint density at radius 2 is 1.82 bits per heavy atom. The lowest BCUT2D eigenvalue weighted by molar-refractivity contribution is 0.104. The van der Waals surface area contributed by atoms with E-state index >= 15 is 0 Å². The van der Waals surface area contributed by atoms with Crippen molar-refractivity contribution < 1.29 is 24.5 Å². The van der Waals surface area contributed by atoms with Gasteiger partial charge >= 0.3 is 0 Å². The minimum Gasteiger partial charge on any atom is -0.508 e. The fourth-order valence-electron chi connectivity index (χ4n) is 1.90. The maximum atomic E-state index is 12.1. The topological polar surface area (TPSA) is 83.8 Å². The molecule has 5 nitrogen and oxygen atoms in total. The first-order valence-corrected chi connectivity index (χ1v) is 6.42. The van der Waals surface area contributed by atoms with Crippen molar-refractivity contribution in [1.29, 1.82) is 0 Å². The van der Waals surface area contributed by atoms with E-state index in [1.807, 2.05) is 0 Å². The van der Waals surface area contributed by atoms with E-state index in [4.69, 9.17) is 4.74 Å². The standard InChI is InChI=1S/C17H14O5/c1-22-17-9-16(21)14(8-12(17)10-18)15(20)7-4-11-2-5-13(19)6-3-11/h2-10,19,21H,1H3. The first-order chi connectivity index (χ1) is 10.5. The number of carbonyl (C=O) groups is 2. The van der Waals surface area contributed by atoms with Crippen LogP contribution in [0.1, 0.15) is 26.3 Å². The number of rotatable bonds is 5. The van der Waals surface area contributed by atoms with Gasteiger partial charge < -0.3 is 14.9 Å². The van der Waals surface area contributed by atoms with Crippen LogP contribution >= 0.6 is 0 Å². The summed E-state index contributed by atoms with van der Waals surface area (Å²) in [5.74, 6) is -0.377. The smallest absolute Gasteiger partial charge is 0.189 e. The fraction of sp³-hybridized carbons (Fsp3) is 0.0588. The van der Waals surface area contributed by atoms with Gasteiger partial charge in [0.15, 0.2) is 12.1 Å². The van der Waals surface area contributed by atoms with Crippen molar-refractivity contribution in [1.82, 2.24) is 0 Å². The van der Waals surface area contributed by atoms with Gasteiger partial charge in [-0.3, -0.25) is 9.59 Å². The molecule has 5 heteroatoms. The molecule has 0 saturated carbocycles. The second-order valence-corrected chi connectivity index (χ2v) is 4.52. The van der Waals surface area contributed by atoms with Gasteiger partial charge in [-0.15, -0.1) is 0 Å². The van der Waals surface area contributed by atoms with Crippen LogP contribution in [0.4, 0.5) is 0 Å². The molecule has 0 aromatic heterocycles. The average molecular weight is 298 g/mol. The van der Waals surface area contributed by atoms with Gasteiger partial charge in [0.2, 0.25) is 0 Å². The van der Waals surface area contributed by atoms with E-state index in [1.54, 1.807) is 18.2 Å². The van der Waals surface area contributed by atoms with Gasteiger partial charge in [-0.25, -0.2) is 0 Å². The number of methoxy groups -OCH3 is 1. The molecular weight excluding hydrogens is 284 g/mol. The number of aromatic hydroxyl groups is 2. The van der Waals surface area contributed by atoms with Gasteiger partial charge in [0.1, 0.15) is 17.2 Å². The molecule has 0 bridgehead atoms. The highest BCUT2D eigenvalue weighted by Crippen LogP contribution is 2.28. The minimum absolute atomic E-state index is 0.0120. The van der Waals surface area contributed by atoms with Crippen LogP contribution in [-0.4, -0.2) is 29.4 Å². The second kappa shape index (κ2) is 6.58. The first kappa shape index (κ1) is 15.3. The molecule has 0 heterocycles. The number of ketones is 1. The van der Waals surface area contributed by atoms with E-state index in [2.05, 4.69) is 0 Å². The highest BCUT2D eigenvalue weighted by Gasteiger charge is 2.13. The van der Waals surface area contributed by atoms with E-state index < -0.39 is 5.78 Å². The number of benzene rings is 2. The van der Waals surface area contributed by atoms with Crippen molar-refractivity contribution in [2.75, 3.05) is 7.11 Å². The summed E-state index contributed by atoms with van der Waals surface area (Å²) >= 11 is 0. The first-order valence-electron chi connectivity index (χ1n) is 6.42. The number of phenols is 2. The summed E-state index contributed by atoms with van der Waals surface area (Å²) in [5.41, 5.74) is 0.911. The number of phenolic OH excluding ortho intramolecular Hbond substituents is 2. The van der Waals surface area contributed by atoms with Gasteiger partial charge in [-0.2, -0.15) is 0 Å². The molecule has 2 aromatic carbocycles. The van der Waals surface area contributed by atoms with E-state index in [-0.39, 0.29) is 28.4 Å². The minimum atomic E-state index is -0.448. The van der Waals surface area contributed by atoms with E-state index in [1.165, 1.54) is 37.5 Å². The molecule has 2 aromatic rings. The fourth-order valence-corrected chi connectivity index (χ4v) is 1.90. The third-order valence-corrected chi connectivity index (χ3v) is 3.06. The number of allylic oxidation sites excluding steroid dienone is 1. The van der Waals surface area contributed by atoms with Crippen molar-refractivity contribution in [2.45, 2.75) is 0 Å². The van der Waals surface area contributed by atoms with E-state index in [0.717, 1.165) is 5.56 Å². The van der Waals surface area contributed by atoms with Crippen LogP contribution in [0.25, 0.3) is 6.08 Å². The van der Waals surface area contributed by atoms with Gasteiger partial charge in [0, 0.05) is 6.07 Å². The molecule has 0 atom stereocenters. The number of ether oxygens (including phenoxy) is 1. The Labute approximate surface area is 127 Å². The summed E-state index contributed by atoms with van der Waals surface area (Å²) in [6.07, 6.45) is 3.38. The zero-order valence-corrected chi connectivity index (χ0v) is 11.8. The Balaban J connectivity index is 2.29. The van der Waals surface area contributed by atoms with Crippen LogP contribution < -0.4 is 4.74 Å². The summed E-state index contributed by atoms with van der Waals surface area (Å²) in [6, 6.07) is 8.79. The molecular formula is C17H14O5. The van der Waals surface area contributed by atoms with Crippen LogP contribution in [0.2, 0.25) is 0 Å². The zero-order chi connectivity index (χ0) is 16.1. The number of carbonyl (C=O) groups excluding carboxylic acids is 2. The monoisotopic (exact) mass is 298 g/mol. The molecule has 22 heavy (non-hydrogen) atoms. The van der Waals surface area contributed by atoms with Crippen LogP contribution in [0, 0.1) is 0 Å². The molecule has 0 aliphatic carbocycles. The molecule has 0 aliphatic rings. The van der Waals surface area contributed by atoms with Crippen LogP contribution in [0.3, 0.4) is 0 Å². The van der Waals surface area contributed by atoms with Gasteiger partial charge in [-0.1, -0.05) is 18.2 Å². The van der Waals surface area contributed by atoms with Crippen LogP contribution in [-0.2, 0) is 0 Å². The second-order valence-electron chi connectivity index (χ2n) is 4.52. The van der Waals surface area contributed by atoms with Crippen LogP contribution in [0.15, 0.2) is 42.5 Å². The molecule has 0 amide bonds. The predicted molar refractivity (Wildman–Crippen MR) is 81.5 cm³/mol. The lowest BCUT2D eigenvalue weighted by atomic mass is 10.0. The Morgan fingerprint density at radius 3 is 2.41 bits per heavy atom.